The van der Waals surface area contributed by atoms with E-state index in [2.05, 4.69) is 40.0 Å². The number of aliphatic imine (C=N–C) groups is 1. The number of hydrogen-bond acceptors (Lipinski definition) is 3. The van der Waals surface area contributed by atoms with E-state index in [1.54, 1.807) is 0 Å². The SMILES string of the molecule is CCCNC(=O)CCNC(=NCc1ccc(C)cc1OC(C)C)NCC. The van der Waals surface area contributed by atoms with Crippen LogP contribution in [0.4, 0.5) is 0 Å². The third-order valence-corrected chi connectivity index (χ3v) is 3.55. The number of ether oxygens (including phenoxy) is 1. The molecule has 0 aliphatic carbocycles. The smallest absolute Gasteiger partial charge is 0.221 e. The molecule has 6 nitrogen and oxygen atoms in total. The zero-order valence-electron chi connectivity index (χ0n) is 16.8. The van der Waals surface area contributed by atoms with Crippen LogP contribution in [0.15, 0.2) is 23.2 Å². The van der Waals surface area contributed by atoms with Gasteiger partial charge in [0.15, 0.2) is 5.96 Å². The molecule has 26 heavy (non-hydrogen) atoms. The molecule has 0 spiro atoms. The van der Waals surface area contributed by atoms with E-state index in [0.29, 0.717) is 25.5 Å². The van der Waals surface area contributed by atoms with Crippen molar-refractivity contribution in [3.63, 3.8) is 0 Å². The molecule has 0 bridgehead atoms. The second-order valence-electron chi connectivity index (χ2n) is 6.50. The normalized spacial score (nSPS) is 11.4. The fourth-order valence-electron chi connectivity index (χ4n) is 2.31. The van der Waals surface area contributed by atoms with Crippen molar-refractivity contribution in [2.24, 2.45) is 4.99 Å². The average Bonchev–Trinajstić information content (AvgIpc) is 2.58. The van der Waals surface area contributed by atoms with Gasteiger partial charge in [-0.3, -0.25) is 4.79 Å². The first-order chi connectivity index (χ1) is 12.5. The van der Waals surface area contributed by atoms with E-state index < -0.39 is 0 Å². The lowest BCUT2D eigenvalue weighted by atomic mass is 10.1. The van der Waals surface area contributed by atoms with Crippen LogP contribution in [0.3, 0.4) is 0 Å². The van der Waals surface area contributed by atoms with Crippen molar-refractivity contribution in [2.45, 2.75) is 60.1 Å². The molecule has 1 aromatic carbocycles. The van der Waals surface area contributed by atoms with Crippen LogP contribution in [0.2, 0.25) is 0 Å². The monoisotopic (exact) mass is 362 g/mol. The van der Waals surface area contributed by atoms with Gasteiger partial charge in [0.05, 0.1) is 12.6 Å². The number of carbonyl (C=O) groups excluding carboxylic acids is 1. The summed E-state index contributed by atoms with van der Waals surface area (Å²) in [4.78, 5) is 16.3. The van der Waals surface area contributed by atoms with Crippen LogP contribution in [-0.4, -0.2) is 37.6 Å². The minimum Gasteiger partial charge on any atom is -0.491 e. The van der Waals surface area contributed by atoms with Gasteiger partial charge < -0.3 is 20.7 Å². The van der Waals surface area contributed by atoms with Crippen LogP contribution < -0.4 is 20.7 Å². The molecule has 0 aliphatic heterocycles. The highest BCUT2D eigenvalue weighted by atomic mass is 16.5. The van der Waals surface area contributed by atoms with Crippen molar-refractivity contribution in [2.75, 3.05) is 19.6 Å². The molecule has 6 heteroatoms. The van der Waals surface area contributed by atoms with Gasteiger partial charge in [0.1, 0.15) is 5.75 Å². The summed E-state index contributed by atoms with van der Waals surface area (Å²) in [5, 5.41) is 9.29. The van der Waals surface area contributed by atoms with E-state index in [9.17, 15) is 4.79 Å². The van der Waals surface area contributed by atoms with Gasteiger partial charge in [-0.15, -0.1) is 0 Å². The molecule has 0 saturated carbocycles. The van der Waals surface area contributed by atoms with E-state index in [1.165, 1.54) is 0 Å². The van der Waals surface area contributed by atoms with E-state index in [4.69, 9.17) is 4.74 Å². The van der Waals surface area contributed by atoms with Crippen LogP contribution in [0, 0.1) is 6.92 Å². The Hall–Kier alpha value is -2.24. The molecule has 0 aromatic heterocycles. The number of hydrogen-bond donors (Lipinski definition) is 3. The number of nitrogens with one attached hydrogen (secondary N) is 3. The largest absolute Gasteiger partial charge is 0.491 e. The zero-order chi connectivity index (χ0) is 19.4. The van der Waals surface area contributed by atoms with Crippen LogP contribution in [0.25, 0.3) is 0 Å². The Morgan fingerprint density at radius 1 is 1.15 bits per heavy atom. The highest BCUT2D eigenvalue weighted by Gasteiger charge is 2.07. The second kappa shape index (κ2) is 12.2. The third kappa shape index (κ3) is 8.74. The lowest BCUT2D eigenvalue weighted by molar-refractivity contribution is -0.120. The number of nitrogens with zero attached hydrogens (tertiary/aromatic N) is 1. The summed E-state index contributed by atoms with van der Waals surface area (Å²) in [6.45, 7) is 12.7. The lowest BCUT2D eigenvalue weighted by Crippen LogP contribution is -2.39. The van der Waals surface area contributed by atoms with E-state index >= 15 is 0 Å². The summed E-state index contributed by atoms with van der Waals surface area (Å²) in [6, 6.07) is 6.16. The standard InChI is InChI=1S/C20H34N4O2/c1-6-11-22-19(25)10-12-23-20(21-7-2)24-14-17-9-8-16(5)13-18(17)26-15(3)4/h8-9,13,15H,6-7,10-12,14H2,1-5H3,(H,22,25)(H2,21,23,24). The molecule has 3 N–H and O–H groups in total. The molecule has 0 saturated heterocycles. The molecular weight excluding hydrogens is 328 g/mol. The van der Waals surface area contributed by atoms with Crippen molar-refractivity contribution < 1.29 is 9.53 Å². The summed E-state index contributed by atoms with van der Waals surface area (Å²) >= 11 is 0. The predicted octanol–water partition coefficient (Wildman–Crippen LogP) is 2.75. The molecule has 0 atom stereocenters. The van der Waals surface area contributed by atoms with Gasteiger partial charge in [-0.25, -0.2) is 4.99 Å². The molecule has 1 amide bonds. The van der Waals surface area contributed by atoms with Gasteiger partial charge in [-0.2, -0.15) is 0 Å². The van der Waals surface area contributed by atoms with E-state index in [0.717, 1.165) is 36.4 Å². The van der Waals surface area contributed by atoms with Crippen molar-refractivity contribution in [1.82, 2.24) is 16.0 Å². The number of rotatable bonds is 10. The molecule has 0 fully saturated rings. The van der Waals surface area contributed by atoms with Crippen LogP contribution >= 0.6 is 0 Å². The Bertz CT molecular complexity index is 585. The Balaban J connectivity index is 2.67. The number of amides is 1. The lowest BCUT2D eigenvalue weighted by Gasteiger charge is -2.15. The molecular formula is C20H34N4O2. The van der Waals surface area contributed by atoms with Gasteiger partial charge >= 0.3 is 0 Å². The fraction of sp³-hybridized carbons (Fsp3) is 0.600. The number of aryl methyl sites for hydroxylation is 1. The van der Waals surface area contributed by atoms with Crippen LogP contribution in [-0.2, 0) is 11.3 Å². The average molecular weight is 363 g/mol. The van der Waals surface area contributed by atoms with Gasteiger partial charge in [0.2, 0.25) is 5.91 Å². The molecule has 1 aromatic rings. The summed E-state index contributed by atoms with van der Waals surface area (Å²) in [5.41, 5.74) is 2.21. The summed E-state index contributed by atoms with van der Waals surface area (Å²) in [6.07, 6.45) is 1.49. The first-order valence-corrected chi connectivity index (χ1v) is 9.51. The second-order valence-corrected chi connectivity index (χ2v) is 6.50. The van der Waals surface area contributed by atoms with Crippen molar-refractivity contribution in [3.05, 3.63) is 29.3 Å². The summed E-state index contributed by atoms with van der Waals surface area (Å²) in [7, 11) is 0. The minimum atomic E-state index is 0.0568. The number of guanidine groups is 1. The molecule has 0 unspecified atom stereocenters. The summed E-state index contributed by atoms with van der Waals surface area (Å²) < 4.78 is 5.91. The molecule has 146 valence electrons. The van der Waals surface area contributed by atoms with Crippen molar-refractivity contribution in [1.29, 1.82) is 0 Å². The maximum absolute atomic E-state index is 11.7. The van der Waals surface area contributed by atoms with Crippen molar-refractivity contribution in [3.8, 4) is 5.75 Å². The molecule has 0 radical (unpaired) electrons. The third-order valence-electron chi connectivity index (χ3n) is 3.55. The first-order valence-electron chi connectivity index (χ1n) is 9.51. The highest BCUT2D eigenvalue weighted by molar-refractivity contribution is 5.81. The highest BCUT2D eigenvalue weighted by Crippen LogP contribution is 2.22. The Morgan fingerprint density at radius 3 is 2.58 bits per heavy atom. The molecule has 0 aliphatic rings. The Kier molecular flexibility index (Phi) is 10.2. The maximum atomic E-state index is 11.7. The van der Waals surface area contributed by atoms with Crippen LogP contribution in [0.5, 0.6) is 5.75 Å². The van der Waals surface area contributed by atoms with Crippen molar-refractivity contribution >= 4 is 11.9 Å². The predicted molar refractivity (Wildman–Crippen MR) is 108 cm³/mol. The quantitative estimate of drug-likeness (QED) is 0.442. The molecule has 1 rings (SSSR count). The van der Waals surface area contributed by atoms with Gasteiger partial charge in [0.25, 0.3) is 0 Å². The fourth-order valence-corrected chi connectivity index (χ4v) is 2.31. The Morgan fingerprint density at radius 2 is 1.92 bits per heavy atom. The minimum absolute atomic E-state index is 0.0568. The van der Waals surface area contributed by atoms with Gasteiger partial charge in [0, 0.05) is 31.6 Å². The van der Waals surface area contributed by atoms with Gasteiger partial charge in [-0.05, 0) is 45.7 Å². The summed E-state index contributed by atoms with van der Waals surface area (Å²) in [5.74, 6) is 1.63. The maximum Gasteiger partial charge on any atom is 0.221 e. The Labute approximate surface area is 157 Å². The van der Waals surface area contributed by atoms with Crippen LogP contribution in [0.1, 0.15) is 51.7 Å². The first kappa shape index (κ1) is 21.8. The number of benzene rings is 1. The molecule has 0 heterocycles. The topological polar surface area (TPSA) is 74.8 Å². The van der Waals surface area contributed by atoms with Gasteiger partial charge in [-0.1, -0.05) is 19.1 Å². The van der Waals surface area contributed by atoms with E-state index in [-0.39, 0.29) is 12.0 Å². The van der Waals surface area contributed by atoms with E-state index in [1.807, 2.05) is 33.8 Å². The zero-order valence-corrected chi connectivity index (χ0v) is 16.8. The number of carbonyl (C=O) groups is 1.